The molecule has 4 nitrogen and oxygen atoms in total. The molecular formula is C19H21NO3S. The van der Waals surface area contributed by atoms with Gasteiger partial charge in [-0.1, -0.05) is 17.7 Å². The van der Waals surface area contributed by atoms with Gasteiger partial charge in [0, 0.05) is 11.8 Å². The average Bonchev–Trinajstić information content (AvgIpc) is 3.01. The normalized spacial score (nSPS) is 12.2. The minimum absolute atomic E-state index is 0.345. The summed E-state index contributed by atoms with van der Waals surface area (Å²) in [5.41, 5.74) is 4.80. The number of esters is 1. The van der Waals surface area contributed by atoms with Gasteiger partial charge in [0.2, 0.25) is 0 Å². The second kappa shape index (κ2) is 7.93. The summed E-state index contributed by atoms with van der Waals surface area (Å²) in [6.45, 7) is 7.45. The molecule has 1 atom stereocenters. The zero-order valence-corrected chi connectivity index (χ0v) is 15.1. The van der Waals surface area contributed by atoms with Crippen molar-refractivity contribution in [1.29, 1.82) is 0 Å². The maximum absolute atomic E-state index is 12.3. The lowest BCUT2D eigenvalue weighted by molar-refractivity contribution is -0.148. The van der Waals surface area contributed by atoms with Crippen LogP contribution in [-0.2, 0) is 14.3 Å². The summed E-state index contributed by atoms with van der Waals surface area (Å²) in [5, 5.41) is 6.69. The number of nitrogens with one attached hydrogen (secondary N) is 1. The Bertz CT molecular complexity index is 740. The fourth-order valence-electron chi connectivity index (χ4n) is 2.40. The number of carbonyl (C=O) groups excluding carboxylic acids is 2. The lowest BCUT2D eigenvalue weighted by Crippen LogP contribution is -2.30. The van der Waals surface area contributed by atoms with Crippen LogP contribution in [0.25, 0.3) is 6.08 Å². The number of hydrogen-bond acceptors (Lipinski definition) is 4. The Morgan fingerprint density at radius 2 is 1.88 bits per heavy atom. The zero-order valence-electron chi connectivity index (χ0n) is 14.3. The third-order valence-corrected chi connectivity index (χ3v) is 4.24. The van der Waals surface area contributed by atoms with Crippen molar-refractivity contribution in [2.24, 2.45) is 0 Å². The molecule has 0 spiro atoms. The summed E-state index contributed by atoms with van der Waals surface area (Å²) in [4.78, 5) is 24.1. The zero-order chi connectivity index (χ0) is 17.7. The lowest BCUT2D eigenvalue weighted by Gasteiger charge is -2.16. The van der Waals surface area contributed by atoms with Crippen molar-refractivity contribution in [2.75, 3.05) is 5.32 Å². The molecule has 0 aliphatic rings. The second-order valence-electron chi connectivity index (χ2n) is 5.73. The first kappa shape index (κ1) is 17.9. The van der Waals surface area contributed by atoms with Crippen molar-refractivity contribution in [1.82, 2.24) is 0 Å². The summed E-state index contributed by atoms with van der Waals surface area (Å²) in [6, 6.07) is 5.90. The van der Waals surface area contributed by atoms with Crippen LogP contribution < -0.4 is 5.32 Å². The van der Waals surface area contributed by atoms with Crippen molar-refractivity contribution < 1.29 is 14.3 Å². The van der Waals surface area contributed by atoms with Crippen LogP contribution in [0.5, 0.6) is 0 Å². The van der Waals surface area contributed by atoms with E-state index in [0.717, 1.165) is 27.9 Å². The number of ether oxygens (including phenoxy) is 1. The predicted molar refractivity (Wildman–Crippen MR) is 98.2 cm³/mol. The van der Waals surface area contributed by atoms with E-state index in [2.05, 4.69) is 5.32 Å². The molecule has 126 valence electrons. The molecule has 1 aromatic carbocycles. The molecule has 1 amide bonds. The Hall–Kier alpha value is -2.40. The highest BCUT2D eigenvalue weighted by atomic mass is 32.1. The first-order valence-corrected chi connectivity index (χ1v) is 8.60. The third kappa shape index (κ3) is 4.80. The molecule has 0 bridgehead atoms. The van der Waals surface area contributed by atoms with Crippen LogP contribution in [0.1, 0.15) is 29.2 Å². The summed E-state index contributed by atoms with van der Waals surface area (Å²) in [5.74, 6) is -0.886. The summed E-state index contributed by atoms with van der Waals surface area (Å²) < 4.78 is 5.15. The van der Waals surface area contributed by atoms with E-state index < -0.39 is 12.1 Å². The Labute approximate surface area is 146 Å². The van der Waals surface area contributed by atoms with Crippen molar-refractivity contribution >= 4 is 35.0 Å². The van der Waals surface area contributed by atoms with E-state index in [9.17, 15) is 9.59 Å². The highest BCUT2D eigenvalue weighted by molar-refractivity contribution is 7.08. The molecule has 0 unspecified atom stereocenters. The quantitative estimate of drug-likeness (QED) is 0.652. The van der Waals surface area contributed by atoms with Gasteiger partial charge in [0.05, 0.1) is 0 Å². The van der Waals surface area contributed by atoms with E-state index in [1.54, 1.807) is 24.3 Å². The fraction of sp³-hybridized carbons (Fsp3) is 0.263. The minimum atomic E-state index is -0.871. The van der Waals surface area contributed by atoms with Crippen molar-refractivity contribution in [3.05, 3.63) is 57.3 Å². The van der Waals surface area contributed by atoms with Gasteiger partial charge in [0.25, 0.3) is 5.91 Å². The highest BCUT2D eigenvalue weighted by Crippen LogP contribution is 2.22. The number of hydrogen-bond donors (Lipinski definition) is 1. The number of amides is 1. The number of rotatable bonds is 5. The maximum atomic E-state index is 12.3. The van der Waals surface area contributed by atoms with Gasteiger partial charge >= 0.3 is 5.97 Å². The summed E-state index contributed by atoms with van der Waals surface area (Å²) >= 11 is 1.55. The maximum Gasteiger partial charge on any atom is 0.331 e. The number of aryl methyl sites for hydroxylation is 3. The smallest absolute Gasteiger partial charge is 0.331 e. The summed E-state index contributed by atoms with van der Waals surface area (Å²) in [6.07, 6.45) is 2.12. The lowest BCUT2D eigenvalue weighted by atomic mass is 10.0. The molecule has 0 aliphatic heterocycles. The van der Waals surface area contributed by atoms with Crippen LogP contribution in [-0.4, -0.2) is 18.0 Å². The van der Waals surface area contributed by atoms with Gasteiger partial charge in [-0.2, -0.15) is 11.3 Å². The average molecular weight is 343 g/mol. The van der Waals surface area contributed by atoms with Gasteiger partial charge in [0.15, 0.2) is 6.10 Å². The molecule has 0 fully saturated rings. The standard InChI is InChI=1S/C19H21NO3S/c1-12-9-13(2)18(14(3)10-12)20-19(22)15(4)23-17(21)6-5-16-7-8-24-11-16/h5-11,15H,1-4H3,(H,20,22)/b6-5+/t15-/m0/s1. The molecule has 2 rings (SSSR count). The molecule has 5 heteroatoms. The van der Waals surface area contributed by atoms with E-state index in [1.807, 2.05) is 49.7 Å². The van der Waals surface area contributed by atoms with E-state index in [1.165, 1.54) is 6.08 Å². The Kier molecular flexibility index (Phi) is 5.93. The van der Waals surface area contributed by atoms with Gasteiger partial charge in [-0.25, -0.2) is 4.79 Å². The van der Waals surface area contributed by atoms with Crippen molar-refractivity contribution in [3.8, 4) is 0 Å². The molecule has 0 saturated heterocycles. The number of anilines is 1. The van der Waals surface area contributed by atoms with Crippen LogP contribution in [0.3, 0.4) is 0 Å². The first-order valence-electron chi connectivity index (χ1n) is 7.66. The molecule has 1 N–H and O–H groups in total. The van der Waals surface area contributed by atoms with Crippen LogP contribution in [0.4, 0.5) is 5.69 Å². The molecular weight excluding hydrogens is 322 g/mol. The van der Waals surface area contributed by atoms with Crippen LogP contribution >= 0.6 is 11.3 Å². The van der Waals surface area contributed by atoms with Crippen LogP contribution in [0, 0.1) is 20.8 Å². The predicted octanol–water partition coefficient (Wildman–Crippen LogP) is 4.26. The minimum Gasteiger partial charge on any atom is -0.449 e. The van der Waals surface area contributed by atoms with E-state index >= 15 is 0 Å². The number of benzene rings is 1. The third-order valence-electron chi connectivity index (χ3n) is 3.54. The number of thiophene rings is 1. The van der Waals surface area contributed by atoms with Crippen LogP contribution in [0.15, 0.2) is 35.0 Å². The van der Waals surface area contributed by atoms with E-state index in [4.69, 9.17) is 4.74 Å². The molecule has 2 aromatic rings. The summed E-state index contributed by atoms with van der Waals surface area (Å²) in [7, 11) is 0. The van der Waals surface area contributed by atoms with Gasteiger partial charge in [-0.05, 0) is 67.3 Å². The largest absolute Gasteiger partial charge is 0.449 e. The molecule has 0 aliphatic carbocycles. The second-order valence-corrected chi connectivity index (χ2v) is 6.51. The SMILES string of the molecule is Cc1cc(C)c(NC(=O)[C@H](C)OC(=O)/C=C/c2ccsc2)c(C)c1. The first-order chi connectivity index (χ1) is 11.4. The van der Waals surface area contributed by atoms with Gasteiger partial charge < -0.3 is 10.1 Å². The van der Waals surface area contributed by atoms with E-state index in [0.29, 0.717) is 0 Å². The Balaban J connectivity index is 1.96. The number of carbonyl (C=O) groups is 2. The van der Waals surface area contributed by atoms with Gasteiger partial charge in [-0.3, -0.25) is 4.79 Å². The Morgan fingerprint density at radius 3 is 2.46 bits per heavy atom. The molecule has 24 heavy (non-hydrogen) atoms. The van der Waals surface area contributed by atoms with Gasteiger partial charge in [-0.15, -0.1) is 0 Å². The van der Waals surface area contributed by atoms with Gasteiger partial charge in [0.1, 0.15) is 0 Å². The topological polar surface area (TPSA) is 55.4 Å². The molecule has 0 saturated carbocycles. The van der Waals surface area contributed by atoms with E-state index in [-0.39, 0.29) is 5.91 Å². The fourth-order valence-corrected chi connectivity index (χ4v) is 3.03. The van der Waals surface area contributed by atoms with Crippen molar-refractivity contribution in [2.45, 2.75) is 33.8 Å². The monoisotopic (exact) mass is 343 g/mol. The van der Waals surface area contributed by atoms with Crippen molar-refractivity contribution in [3.63, 3.8) is 0 Å². The molecule has 1 aromatic heterocycles. The van der Waals surface area contributed by atoms with Crippen LogP contribution in [0.2, 0.25) is 0 Å². The Morgan fingerprint density at radius 1 is 1.21 bits per heavy atom. The highest BCUT2D eigenvalue weighted by Gasteiger charge is 2.18. The molecule has 0 radical (unpaired) electrons. The molecule has 1 heterocycles.